The Balaban J connectivity index is 1.18. The number of amides is 17. The molecule has 8 rings (SSSR count). The van der Waals surface area contributed by atoms with E-state index in [1.165, 1.54) is 52.3 Å². The third kappa shape index (κ3) is 28.1. The number of benzene rings is 3. The van der Waals surface area contributed by atoms with Gasteiger partial charge in [-0.05, 0) is 92.3 Å². The van der Waals surface area contributed by atoms with E-state index >= 15 is 33.6 Å². The lowest BCUT2D eigenvalue weighted by molar-refractivity contribution is -0.149. The molecule has 3 fully saturated rings. The minimum absolute atomic E-state index is 0.0259. The van der Waals surface area contributed by atoms with Gasteiger partial charge in [0.2, 0.25) is 100 Å². The summed E-state index contributed by atoms with van der Waals surface area (Å²) in [4.78, 5) is 271. The number of carbonyl (C=O) groups excluding carboxylic acids is 17. The number of para-hydroxylation sites is 2. The largest absolute Gasteiger partial charge is 0.508 e. The van der Waals surface area contributed by atoms with Crippen LogP contribution in [0.15, 0.2) is 85.2 Å². The normalized spacial score (nSPS) is 25.3. The summed E-state index contributed by atoms with van der Waals surface area (Å²) >= 11 is 0.706. The van der Waals surface area contributed by atoms with Crippen LogP contribution in [-0.2, 0) is 106 Å². The van der Waals surface area contributed by atoms with Crippen LogP contribution >= 0.6 is 11.8 Å². The molecule has 17 amide bonds. The van der Waals surface area contributed by atoms with Crippen molar-refractivity contribution in [2.24, 2.45) is 23.1 Å². The Morgan fingerprint density at radius 2 is 1.06 bits per heavy atom. The fourth-order valence-corrected chi connectivity index (χ4v) is 16.8. The van der Waals surface area contributed by atoms with Crippen molar-refractivity contribution in [1.82, 2.24) is 87.6 Å². The number of fused-ring (bicyclic) bond motifs is 4. The highest BCUT2D eigenvalue weighted by Gasteiger charge is 2.47. The highest BCUT2D eigenvalue weighted by atomic mass is 32.2. The number of phenols is 1. The van der Waals surface area contributed by atoms with Crippen LogP contribution in [0.1, 0.15) is 135 Å². The zero-order chi connectivity index (χ0) is 95.5. The number of aromatic amines is 2. The number of aliphatic hydroxyl groups excluding tert-OH is 2. The molecule has 42 nitrogen and oxygen atoms in total. The molecule has 5 heterocycles. The molecule has 0 saturated carbocycles. The van der Waals surface area contributed by atoms with Gasteiger partial charge in [0.05, 0.1) is 31.4 Å². The second-order valence-electron chi connectivity index (χ2n) is 33.4. The summed E-state index contributed by atoms with van der Waals surface area (Å²) in [5, 5.41) is 69.5. The van der Waals surface area contributed by atoms with E-state index in [4.69, 9.17) is 17.2 Å². The van der Waals surface area contributed by atoms with Crippen LogP contribution in [0.25, 0.3) is 21.8 Å². The molecule has 15 atom stereocenters. The van der Waals surface area contributed by atoms with Crippen molar-refractivity contribution >= 4 is 140 Å². The molecule has 0 spiro atoms. The van der Waals surface area contributed by atoms with Gasteiger partial charge in [-0.25, -0.2) is 0 Å². The third-order valence-electron chi connectivity index (χ3n) is 23.2. The molecule has 5 aromatic rings. The monoisotopic (exact) mass is 1830 g/mol. The summed E-state index contributed by atoms with van der Waals surface area (Å²) in [7, 11) is 3.79. The first kappa shape index (κ1) is 103. The lowest BCUT2D eigenvalue weighted by Crippen LogP contribution is -2.62. The Hall–Kier alpha value is -12.8. The van der Waals surface area contributed by atoms with Crippen LogP contribution in [0.4, 0.5) is 0 Å². The molecule has 0 unspecified atom stereocenters. The predicted molar refractivity (Wildman–Crippen MR) is 474 cm³/mol. The topological polar surface area (TPSA) is 634 Å². The number of hydrogen-bond acceptors (Lipinski definition) is 23. The fraction of sp³-hybridized carbons (Fsp3) is 0.540. The maximum Gasteiger partial charge on any atom is 0.303 e. The molecular formula is C87H122N20O22S. The number of carbonyl (C=O) groups is 18. The Morgan fingerprint density at radius 1 is 0.546 bits per heavy atom. The van der Waals surface area contributed by atoms with Gasteiger partial charge in [-0.1, -0.05) is 102 Å². The fourth-order valence-electron chi connectivity index (χ4n) is 15.9. The minimum atomic E-state index is -1.90. The molecule has 22 N–H and O–H groups in total. The van der Waals surface area contributed by atoms with Crippen molar-refractivity contribution in [2.45, 2.75) is 228 Å². The van der Waals surface area contributed by atoms with E-state index in [9.17, 15) is 73.2 Å². The molecule has 708 valence electrons. The van der Waals surface area contributed by atoms with Gasteiger partial charge in [-0.2, -0.15) is 0 Å². The first-order valence-corrected chi connectivity index (χ1v) is 44.6. The molecule has 0 radical (unpaired) electrons. The predicted octanol–water partition coefficient (Wildman–Crippen LogP) is -3.33. The Labute approximate surface area is 755 Å². The number of nitrogens with one attached hydrogen (secondary N) is 12. The lowest BCUT2D eigenvalue weighted by atomic mass is 10.00. The van der Waals surface area contributed by atoms with Crippen LogP contribution in [0.2, 0.25) is 0 Å². The third-order valence-corrected chi connectivity index (χ3v) is 24.3. The van der Waals surface area contributed by atoms with Gasteiger partial charge >= 0.3 is 5.97 Å². The molecule has 2 aromatic heterocycles. The zero-order valence-corrected chi connectivity index (χ0v) is 74.9. The average molecular weight is 1830 g/mol. The average Bonchev–Trinajstić information content (AvgIpc) is 1.59. The van der Waals surface area contributed by atoms with Gasteiger partial charge in [0.15, 0.2) is 0 Å². The van der Waals surface area contributed by atoms with E-state index in [2.05, 4.69) is 63.1 Å². The number of nitrogens with zero attached hydrogens (tertiary/aromatic N) is 5. The standard InChI is InChI=1S/C87H122N20O22S/c1-9-11-22-66-80(122)95-57(29-30-73(114)115)76(118)102-65(75(117)93-41-71(90)112)44-130-45-72(113)94-60(33-48-25-27-51(109)28-26-48)83(125)103(6)47(5)74(116)97-62(37-70(89)111)85(127)106-31-17-24-67(106)81(123)100-63(38-88)78(120)98-59(32-46(3)4)86(128)107-42-52(110)36-69(107)82(124)96-58(34-49-39-91-55-20-15-13-18-53(49)55)77(119)101-64(43-108)79(121)99-61(35-50-40-92-56-21-16-14-19-54(50)56)84(126)105(8)68(23-12-10-2)87(129)104(66)7/h13-16,18-21,25-28,39-40,46-47,52,57-69,91-92,108-110H,9-12,17,22-24,29-38,41-45,88H2,1-8H3,(H2,89,111)(H2,90,112)(H,93,117)(H,94,113)(H,95,122)(H,96,124)(H,97,116)(H,98,120)(H,99,121)(H,100,123)(H,101,119)(H,102,118)(H,114,115)/t47-,52+,57-,58-,59-,60-,61-,62+,63-,64-,65-,66-,67-,68-,69-/m0/s1. The molecule has 130 heavy (non-hydrogen) atoms. The number of carboxylic acid groups (broad SMARTS) is 1. The van der Waals surface area contributed by atoms with Crippen LogP contribution < -0.4 is 70.4 Å². The van der Waals surface area contributed by atoms with Crippen molar-refractivity contribution in [2.75, 3.05) is 65.4 Å². The first-order valence-electron chi connectivity index (χ1n) is 43.4. The number of aromatic nitrogens is 2. The molecule has 3 aromatic carbocycles. The number of phenolic OH excluding ortho intramolecular Hbond substituents is 1. The highest BCUT2D eigenvalue weighted by Crippen LogP contribution is 2.28. The first-order chi connectivity index (χ1) is 61.8. The Kier molecular flexibility index (Phi) is 38.4. The summed E-state index contributed by atoms with van der Waals surface area (Å²) in [6.07, 6.45) is -0.278. The number of nitrogens with two attached hydrogens (primary N) is 3. The number of H-pyrrole nitrogens is 2. The van der Waals surface area contributed by atoms with Crippen molar-refractivity contribution < 1.29 is 107 Å². The van der Waals surface area contributed by atoms with Gasteiger partial charge in [-0.3, -0.25) is 86.3 Å². The number of aliphatic hydroxyl groups is 2. The SMILES string of the molecule is CCCC[C@H]1C(=O)N(C)[C@@H](CCCC)C(=O)N[C@@H](CCC(=O)O)C(=O)N[C@H](C(=O)NCC(N)=O)CSCC(=O)N[C@@H](Cc2ccc(O)cc2)C(=O)N(C)[C@@H](C)C(=O)N[C@H](CC(N)=O)C(=O)N2CCC[C@H]2C(=O)N[C@@H](CN)C(=O)N[C@@H](CC(C)C)C(=O)N2C[C@H](O)C[C@H]2C(=O)N[C@@H](Cc2c[nH]c3ccccc23)C(=O)N[C@@H](CO)C(=O)N[C@@H](Cc2c[nH]c3ccccc23)C(=O)N1C. The Bertz CT molecular complexity index is 4910. The number of primary amides is 2. The number of likely N-dealkylation sites (N-methyl/N-ethyl adjacent to an activating group) is 3. The molecule has 43 heteroatoms. The van der Waals surface area contributed by atoms with Crippen molar-refractivity contribution in [3.63, 3.8) is 0 Å². The van der Waals surface area contributed by atoms with E-state index < -0.39 is 261 Å². The summed E-state index contributed by atoms with van der Waals surface area (Å²) in [5.41, 5.74) is 19.8. The van der Waals surface area contributed by atoms with E-state index in [1.54, 1.807) is 81.7 Å². The number of carboxylic acids is 1. The number of hydrogen-bond donors (Lipinski definition) is 19. The number of aromatic hydroxyl groups is 1. The summed E-state index contributed by atoms with van der Waals surface area (Å²) in [6, 6.07) is -3.00. The zero-order valence-electron chi connectivity index (χ0n) is 74.1. The van der Waals surface area contributed by atoms with Crippen LogP contribution in [0.5, 0.6) is 5.75 Å². The smallest absolute Gasteiger partial charge is 0.303 e. The van der Waals surface area contributed by atoms with Crippen LogP contribution in [0, 0.1) is 5.92 Å². The second-order valence-corrected chi connectivity index (χ2v) is 34.4. The minimum Gasteiger partial charge on any atom is -0.508 e. The van der Waals surface area contributed by atoms with Crippen LogP contribution in [-0.4, -0.2) is 317 Å². The highest BCUT2D eigenvalue weighted by molar-refractivity contribution is 8.00. The summed E-state index contributed by atoms with van der Waals surface area (Å²) in [5.74, 6) is -19.9. The maximum absolute atomic E-state index is 15.7. The van der Waals surface area contributed by atoms with Crippen molar-refractivity contribution in [3.8, 4) is 5.75 Å². The van der Waals surface area contributed by atoms with Gasteiger partial charge in [0.1, 0.15) is 90.3 Å². The summed E-state index contributed by atoms with van der Waals surface area (Å²) in [6.45, 7) is 5.24. The van der Waals surface area contributed by atoms with Gasteiger partial charge in [0, 0.05) is 113 Å². The molecule has 3 saturated heterocycles. The quantitative estimate of drug-likeness (QED) is 0.0287. The molecule has 0 bridgehead atoms. The molecule has 3 aliphatic heterocycles. The Morgan fingerprint density at radius 3 is 1.65 bits per heavy atom. The molecule has 0 aliphatic carbocycles. The number of unbranched alkanes of at least 4 members (excludes halogenated alkanes) is 2. The number of rotatable bonds is 24. The molecular weight excluding hydrogens is 1710 g/mol. The lowest BCUT2D eigenvalue weighted by Gasteiger charge is -2.36. The van der Waals surface area contributed by atoms with E-state index in [1.807, 2.05) is 6.92 Å². The number of aliphatic carboxylic acids is 1. The maximum atomic E-state index is 15.7. The van der Waals surface area contributed by atoms with Crippen LogP contribution in [0.3, 0.4) is 0 Å². The number of thioether (sulfide) groups is 1. The van der Waals surface area contributed by atoms with E-state index in [0.717, 1.165) is 24.5 Å². The van der Waals surface area contributed by atoms with E-state index in [0.29, 0.717) is 69.5 Å². The van der Waals surface area contributed by atoms with Crippen molar-refractivity contribution in [1.29, 1.82) is 0 Å². The van der Waals surface area contributed by atoms with E-state index in [-0.39, 0.29) is 76.0 Å². The second kappa shape index (κ2) is 48.6. The summed E-state index contributed by atoms with van der Waals surface area (Å²) < 4.78 is 0. The van der Waals surface area contributed by atoms with Gasteiger partial charge in [-0.15, -0.1) is 11.8 Å². The molecule has 3 aliphatic rings. The van der Waals surface area contributed by atoms with Crippen molar-refractivity contribution in [3.05, 3.63) is 102 Å². The van der Waals surface area contributed by atoms with Gasteiger partial charge in [0.25, 0.3) is 0 Å². The van der Waals surface area contributed by atoms with Gasteiger partial charge < -0.3 is 125 Å².